The fourth-order valence-corrected chi connectivity index (χ4v) is 2.22. The summed E-state index contributed by atoms with van der Waals surface area (Å²) in [6.07, 6.45) is 0.941. The van der Waals surface area contributed by atoms with Crippen LogP contribution in [0.25, 0.3) is 11.4 Å². The molecule has 1 aromatic carbocycles. The third-order valence-corrected chi connectivity index (χ3v) is 3.46. The molecule has 0 radical (unpaired) electrons. The van der Waals surface area contributed by atoms with Gasteiger partial charge in [0.15, 0.2) is 9.84 Å². The van der Waals surface area contributed by atoms with E-state index < -0.39 is 15.7 Å². The average Bonchev–Trinajstić information content (AvgIpc) is 2.76. The van der Waals surface area contributed by atoms with E-state index in [1.807, 2.05) is 0 Å². The van der Waals surface area contributed by atoms with Gasteiger partial charge in [0.2, 0.25) is 5.82 Å². The van der Waals surface area contributed by atoms with Crippen LogP contribution in [0.5, 0.6) is 0 Å². The quantitative estimate of drug-likeness (QED) is 0.845. The fraction of sp³-hybridized carbons (Fsp3) is 0.273. The second-order valence-electron chi connectivity index (χ2n) is 3.86. The van der Waals surface area contributed by atoms with E-state index >= 15 is 0 Å². The second kappa shape index (κ2) is 5.06. The minimum absolute atomic E-state index is 0.150. The van der Waals surface area contributed by atoms with Crippen LogP contribution < -0.4 is 0 Å². The number of benzene rings is 1. The summed E-state index contributed by atoms with van der Waals surface area (Å²) >= 11 is 0. The van der Waals surface area contributed by atoms with Crippen LogP contribution in [0.3, 0.4) is 0 Å². The molecule has 0 fully saturated rings. The van der Waals surface area contributed by atoms with E-state index in [-0.39, 0.29) is 23.2 Å². The van der Waals surface area contributed by atoms with Gasteiger partial charge in [-0.2, -0.15) is 4.98 Å². The average molecular weight is 286 g/mol. The minimum Gasteiger partial charge on any atom is -0.375 e. The number of methoxy groups -OCH3 is 1. The van der Waals surface area contributed by atoms with Crippen molar-refractivity contribution >= 4 is 9.84 Å². The molecule has 102 valence electrons. The summed E-state index contributed by atoms with van der Waals surface area (Å²) in [6, 6.07) is 3.64. The Hall–Kier alpha value is -1.80. The van der Waals surface area contributed by atoms with Crippen molar-refractivity contribution in [3.63, 3.8) is 0 Å². The van der Waals surface area contributed by atoms with Gasteiger partial charge >= 0.3 is 0 Å². The number of sulfone groups is 1. The lowest BCUT2D eigenvalue weighted by atomic mass is 10.2. The van der Waals surface area contributed by atoms with Crippen molar-refractivity contribution in [3.8, 4) is 11.4 Å². The number of halogens is 1. The zero-order chi connectivity index (χ0) is 14.0. The molecular weight excluding hydrogens is 275 g/mol. The highest BCUT2D eigenvalue weighted by Gasteiger charge is 2.16. The maximum Gasteiger partial charge on any atom is 0.252 e. The molecule has 0 amide bonds. The van der Waals surface area contributed by atoms with Gasteiger partial charge in [-0.25, -0.2) is 12.8 Å². The zero-order valence-electron chi connectivity index (χ0n) is 10.3. The molecule has 0 saturated carbocycles. The normalized spacial score (nSPS) is 11.7. The second-order valence-corrected chi connectivity index (χ2v) is 5.85. The highest BCUT2D eigenvalue weighted by atomic mass is 32.2. The molecular formula is C11H11FN2O4S. The van der Waals surface area contributed by atoms with Crippen molar-refractivity contribution in [3.05, 3.63) is 29.9 Å². The lowest BCUT2D eigenvalue weighted by Crippen LogP contribution is -2.00. The van der Waals surface area contributed by atoms with Crippen molar-refractivity contribution in [2.24, 2.45) is 0 Å². The maximum atomic E-state index is 13.7. The van der Waals surface area contributed by atoms with Gasteiger partial charge in [0.05, 0.1) is 0 Å². The van der Waals surface area contributed by atoms with Crippen molar-refractivity contribution in [2.75, 3.05) is 13.4 Å². The first-order valence-electron chi connectivity index (χ1n) is 5.23. The van der Waals surface area contributed by atoms with E-state index in [2.05, 4.69) is 10.1 Å². The third kappa shape index (κ3) is 2.96. The number of nitrogens with zero attached hydrogens (tertiary/aromatic N) is 2. The molecule has 0 atom stereocenters. The molecule has 2 rings (SSSR count). The SMILES string of the molecule is COCc1nc(-c2ccc(S(C)(=O)=O)c(F)c2)no1. The molecule has 0 aliphatic rings. The molecule has 8 heteroatoms. The lowest BCUT2D eigenvalue weighted by molar-refractivity contribution is 0.151. The molecule has 1 aromatic heterocycles. The molecule has 0 bridgehead atoms. The van der Waals surface area contributed by atoms with E-state index in [0.29, 0.717) is 5.56 Å². The van der Waals surface area contributed by atoms with Crippen LogP contribution >= 0.6 is 0 Å². The Bertz CT molecular complexity index is 696. The minimum atomic E-state index is -3.60. The summed E-state index contributed by atoms with van der Waals surface area (Å²) in [5, 5.41) is 3.66. The molecule has 0 aliphatic carbocycles. The van der Waals surface area contributed by atoms with Crippen LogP contribution in [0.1, 0.15) is 5.89 Å². The Kier molecular flexibility index (Phi) is 3.63. The van der Waals surface area contributed by atoms with Gasteiger partial charge in [-0.1, -0.05) is 5.16 Å². The van der Waals surface area contributed by atoms with Crippen molar-refractivity contribution in [2.45, 2.75) is 11.5 Å². The Morgan fingerprint density at radius 2 is 2.16 bits per heavy atom. The highest BCUT2D eigenvalue weighted by molar-refractivity contribution is 7.90. The van der Waals surface area contributed by atoms with Gasteiger partial charge < -0.3 is 9.26 Å². The summed E-state index contributed by atoms with van der Waals surface area (Å²) < 4.78 is 46.0. The van der Waals surface area contributed by atoms with E-state index in [9.17, 15) is 12.8 Å². The largest absolute Gasteiger partial charge is 0.375 e. The molecule has 0 aliphatic heterocycles. The summed E-state index contributed by atoms with van der Waals surface area (Å²) in [4.78, 5) is 3.62. The van der Waals surface area contributed by atoms with E-state index in [1.165, 1.54) is 19.2 Å². The van der Waals surface area contributed by atoms with E-state index in [4.69, 9.17) is 9.26 Å². The lowest BCUT2D eigenvalue weighted by Gasteiger charge is -2.01. The molecule has 6 nitrogen and oxygen atoms in total. The monoisotopic (exact) mass is 286 g/mol. The van der Waals surface area contributed by atoms with E-state index in [1.54, 1.807) is 0 Å². The number of hydrogen-bond donors (Lipinski definition) is 0. The van der Waals surface area contributed by atoms with Crippen molar-refractivity contribution in [1.29, 1.82) is 0 Å². The zero-order valence-corrected chi connectivity index (χ0v) is 11.1. The van der Waals surface area contributed by atoms with Gasteiger partial charge in [0, 0.05) is 18.9 Å². The predicted octanol–water partition coefficient (Wildman–Crippen LogP) is 1.43. The summed E-state index contributed by atoms with van der Waals surface area (Å²) in [7, 11) is -2.12. The number of rotatable bonds is 4. The third-order valence-electron chi connectivity index (χ3n) is 2.33. The highest BCUT2D eigenvalue weighted by Crippen LogP contribution is 2.22. The molecule has 0 spiro atoms. The van der Waals surface area contributed by atoms with Crippen LogP contribution in [0, 0.1) is 5.82 Å². The topological polar surface area (TPSA) is 82.3 Å². The van der Waals surface area contributed by atoms with Gasteiger partial charge in [-0.15, -0.1) is 0 Å². The Labute approximate surface area is 109 Å². The van der Waals surface area contributed by atoms with Gasteiger partial charge in [-0.05, 0) is 18.2 Å². The Morgan fingerprint density at radius 3 is 2.74 bits per heavy atom. The first-order valence-corrected chi connectivity index (χ1v) is 7.12. The smallest absolute Gasteiger partial charge is 0.252 e. The van der Waals surface area contributed by atoms with Gasteiger partial charge in [-0.3, -0.25) is 0 Å². The van der Waals surface area contributed by atoms with E-state index in [0.717, 1.165) is 12.3 Å². The summed E-state index contributed by atoms with van der Waals surface area (Å²) in [6.45, 7) is 0.150. The van der Waals surface area contributed by atoms with Gasteiger partial charge in [0.25, 0.3) is 5.89 Å². The number of aromatic nitrogens is 2. The summed E-state index contributed by atoms with van der Waals surface area (Å²) in [5.74, 6) is -0.422. The first-order chi connectivity index (χ1) is 8.91. The Balaban J connectivity index is 2.39. The van der Waals surface area contributed by atoms with Crippen LogP contribution in [-0.2, 0) is 21.2 Å². The van der Waals surface area contributed by atoms with Crippen LogP contribution in [0.15, 0.2) is 27.6 Å². The number of ether oxygens (including phenoxy) is 1. The Morgan fingerprint density at radius 1 is 1.42 bits per heavy atom. The molecule has 1 heterocycles. The fourth-order valence-electron chi connectivity index (χ4n) is 1.49. The van der Waals surface area contributed by atoms with Crippen molar-refractivity contribution < 1.29 is 22.1 Å². The molecule has 2 aromatic rings. The molecule has 0 unspecified atom stereocenters. The molecule has 0 saturated heterocycles. The molecule has 19 heavy (non-hydrogen) atoms. The maximum absolute atomic E-state index is 13.7. The standard InChI is InChI=1S/C11H11FN2O4S/c1-17-6-10-13-11(14-18-10)7-3-4-9(8(12)5-7)19(2,15)16/h3-5H,6H2,1-2H3. The van der Waals surface area contributed by atoms with Crippen LogP contribution in [0.4, 0.5) is 4.39 Å². The van der Waals surface area contributed by atoms with Gasteiger partial charge in [0.1, 0.15) is 17.3 Å². The summed E-state index contributed by atoms with van der Waals surface area (Å²) in [5.41, 5.74) is 0.330. The van der Waals surface area contributed by atoms with Crippen LogP contribution in [-0.4, -0.2) is 31.9 Å². The molecule has 0 N–H and O–H groups in total. The number of hydrogen-bond acceptors (Lipinski definition) is 6. The van der Waals surface area contributed by atoms with Crippen LogP contribution in [0.2, 0.25) is 0 Å². The van der Waals surface area contributed by atoms with Crippen molar-refractivity contribution in [1.82, 2.24) is 10.1 Å². The first kappa shape index (κ1) is 13.6. The predicted molar refractivity (Wildman–Crippen MR) is 63.5 cm³/mol.